The van der Waals surface area contributed by atoms with E-state index in [-0.39, 0.29) is 11.3 Å². The number of piperazine rings is 1. The van der Waals surface area contributed by atoms with Crippen molar-refractivity contribution in [3.8, 4) is 22.4 Å². The molecule has 1 amide bonds. The van der Waals surface area contributed by atoms with Crippen LogP contribution in [-0.2, 0) is 12.0 Å². The van der Waals surface area contributed by atoms with Crippen molar-refractivity contribution in [1.82, 2.24) is 19.2 Å². The van der Waals surface area contributed by atoms with E-state index in [0.29, 0.717) is 18.1 Å². The van der Waals surface area contributed by atoms with Crippen molar-refractivity contribution in [2.24, 2.45) is 0 Å². The molecule has 3 heterocycles. The average molecular weight is 563 g/mol. The van der Waals surface area contributed by atoms with E-state index in [0.717, 1.165) is 53.4 Å². The molecular weight excluding hydrogens is 528 g/mol. The SMILES string of the molecule is CC(C)(C)c1ccc(C(=O)N2CCN(Cc3c(-c4ccc(Cl)cc4)nc4ccc(-c5ccccc5)cn34)CC2)cc1. The lowest BCUT2D eigenvalue weighted by Crippen LogP contribution is -2.48. The minimum Gasteiger partial charge on any atom is -0.336 e. The zero-order valence-corrected chi connectivity index (χ0v) is 24.6. The molecule has 208 valence electrons. The van der Waals surface area contributed by atoms with Crippen molar-refractivity contribution in [3.05, 3.63) is 119 Å². The van der Waals surface area contributed by atoms with Gasteiger partial charge in [-0.3, -0.25) is 9.69 Å². The fourth-order valence-corrected chi connectivity index (χ4v) is 5.63. The van der Waals surface area contributed by atoms with Crippen molar-refractivity contribution >= 4 is 23.2 Å². The standard InChI is InChI=1S/C35H35ClN4O/c1-35(2,3)29-14-9-27(10-15-29)34(41)39-21-19-38(20-22-39)24-31-33(26-11-16-30(36)17-12-26)37-32-18-13-28(23-40(31)32)25-7-5-4-6-8-25/h4-18,23H,19-22,24H2,1-3H3. The summed E-state index contributed by atoms with van der Waals surface area (Å²) >= 11 is 6.21. The van der Waals surface area contributed by atoms with Crippen LogP contribution < -0.4 is 0 Å². The number of halogens is 1. The third kappa shape index (κ3) is 5.79. The van der Waals surface area contributed by atoms with Gasteiger partial charge in [0.15, 0.2) is 0 Å². The van der Waals surface area contributed by atoms with Crippen molar-refractivity contribution in [1.29, 1.82) is 0 Å². The van der Waals surface area contributed by atoms with Crippen molar-refractivity contribution in [2.75, 3.05) is 26.2 Å². The third-order valence-corrected chi connectivity index (χ3v) is 8.22. The predicted molar refractivity (Wildman–Crippen MR) is 167 cm³/mol. The monoisotopic (exact) mass is 562 g/mol. The van der Waals surface area contributed by atoms with Gasteiger partial charge in [0.05, 0.1) is 11.4 Å². The van der Waals surface area contributed by atoms with Gasteiger partial charge < -0.3 is 9.30 Å². The smallest absolute Gasteiger partial charge is 0.253 e. The Morgan fingerprint density at radius 3 is 2.10 bits per heavy atom. The van der Waals surface area contributed by atoms with Crippen molar-refractivity contribution in [2.45, 2.75) is 32.7 Å². The molecule has 5 aromatic rings. The Morgan fingerprint density at radius 2 is 1.44 bits per heavy atom. The number of rotatable bonds is 5. The average Bonchev–Trinajstić information content (AvgIpc) is 3.35. The summed E-state index contributed by atoms with van der Waals surface area (Å²) in [5.41, 5.74) is 8.43. The molecule has 0 aliphatic carbocycles. The van der Waals surface area contributed by atoms with E-state index in [1.54, 1.807) is 0 Å². The summed E-state index contributed by atoms with van der Waals surface area (Å²) < 4.78 is 2.22. The van der Waals surface area contributed by atoms with Crippen molar-refractivity contribution < 1.29 is 4.79 Å². The Bertz CT molecular complexity index is 1660. The molecule has 0 unspecified atom stereocenters. The van der Waals surface area contributed by atoms with Crippen LogP contribution in [-0.4, -0.2) is 51.3 Å². The van der Waals surface area contributed by atoms with E-state index in [2.05, 4.69) is 84.8 Å². The Kier molecular flexibility index (Phi) is 7.41. The lowest BCUT2D eigenvalue weighted by atomic mass is 9.86. The molecule has 5 nitrogen and oxygen atoms in total. The fraction of sp³-hybridized carbons (Fsp3) is 0.257. The number of hydrogen-bond acceptors (Lipinski definition) is 3. The van der Waals surface area contributed by atoms with Gasteiger partial charge in [-0.25, -0.2) is 4.98 Å². The van der Waals surface area contributed by atoms with Gasteiger partial charge in [-0.1, -0.05) is 87.0 Å². The van der Waals surface area contributed by atoms with Gasteiger partial charge in [0.25, 0.3) is 5.91 Å². The molecule has 0 bridgehead atoms. The summed E-state index contributed by atoms with van der Waals surface area (Å²) in [5, 5.41) is 0.708. The largest absolute Gasteiger partial charge is 0.336 e. The highest BCUT2D eigenvalue weighted by Gasteiger charge is 2.25. The second-order valence-corrected chi connectivity index (χ2v) is 12.3. The number of fused-ring (bicyclic) bond motifs is 1. The summed E-state index contributed by atoms with van der Waals surface area (Å²) in [6.07, 6.45) is 2.19. The maximum Gasteiger partial charge on any atom is 0.253 e. The van der Waals surface area contributed by atoms with Crippen LogP contribution in [0.2, 0.25) is 5.02 Å². The number of benzene rings is 3. The van der Waals surface area contributed by atoms with E-state index < -0.39 is 0 Å². The lowest BCUT2D eigenvalue weighted by molar-refractivity contribution is 0.0627. The minimum atomic E-state index is 0.0672. The molecule has 3 aromatic carbocycles. The van der Waals surface area contributed by atoms with E-state index in [1.165, 1.54) is 11.1 Å². The highest BCUT2D eigenvalue weighted by Crippen LogP contribution is 2.30. The molecule has 6 rings (SSSR count). The molecule has 6 heteroatoms. The predicted octanol–water partition coefficient (Wildman–Crippen LogP) is 7.58. The molecule has 1 aliphatic rings. The second-order valence-electron chi connectivity index (χ2n) is 11.8. The Labute approximate surface area is 247 Å². The zero-order chi connectivity index (χ0) is 28.6. The first kappa shape index (κ1) is 27.3. The van der Waals surface area contributed by atoms with Crippen LogP contribution >= 0.6 is 11.6 Å². The number of amides is 1. The highest BCUT2D eigenvalue weighted by molar-refractivity contribution is 6.30. The molecule has 0 radical (unpaired) electrons. The van der Waals surface area contributed by atoms with Crippen LogP contribution in [0.25, 0.3) is 28.0 Å². The van der Waals surface area contributed by atoms with Crippen LogP contribution in [0.5, 0.6) is 0 Å². The number of carbonyl (C=O) groups is 1. The maximum atomic E-state index is 13.3. The molecule has 0 saturated carbocycles. The molecule has 1 aliphatic heterocycles. The molecule has 41 heavy (non-hydrogen) atoms. The normalized spacial score (nSPS) is 14.5. The van der Waals surface area contributed by atoms with Gasteiger partial charge in [-0.15, -0.1) is 0 Å². The summed E-state index contributed by atoms with van der Waals surface area (Å²) in [6.45, 7) is 10.3. The molecule has 1 fully saturated rings. The molecule has 2 aromatic heterocycles. The quantitative estimate of drug-likeness (QED) is 0.222. The first-order valence-corrected chi connectivity index (χ1v) is 14.6. The van der Waals surface area contributed by atoms with Gasteiger partial charge in [0.1, 0.15) is 5.65 Å². The number of hydrogen-bond donors (Lipinski definition) is 0. The van der Waals surface area contributed by atoms with E-state index in [1.807, 2.05) is 47.4 Å². The Morgan fingerprint density at radius 1 is 0.780 bits per heavy atom. The topological polar surface area (TPSA) is 40.9 Å². The van der Waals surface area contributed by atoms with Gasteiger partial charge in [0.2, 0.25) is 0 Å². The number of imidazole rings is 1. The van der Waals surface area contributed by atoms with Crippen LogP contribution in [0, 0.1) is 0 Å². The fourth-order valence-electron chi connectivity index (χ4n) is 5.50. The highest BCUT2D eigenvalue weighted by atomic mass is 35.5. The Hall–Kier alpha value is -3.93. The third-order valence-electron chi connectivity index (χ3n) is 7.97. The Balaban J connectivity index is 1.24. The lowest BCUT2D eigenvalue weighted by Gasteiger charge is -2.35. The molecule has 1 saturated heterocycles. The second kappa shape index (κ2) is 11.2. The van der Waals surface area contributed by atoms with E-state index in [9.17, 15) is 4.79 Å². The first-order valence-electron chi connectivity index (χ1n) is 14.2. The summed E-state index contributed by atoms with van der Waals surface area (Å²) in [6, 6.07) is 30.6. The van der Waals surface area contributed by atoms with Gasteiger partial charge >= 0.3 is 0 Å². The summed E-state index contributed by atoms with van der Waals surface area (Å²) in [7, 11) is 0. The number of nitrogens with zero attached hydrogens (tertiary/aromatic N) is 4. The van der Waals surface area contributed by atoms with Crippen LogP contribution in [0.4, 0.5) is 0 Å². The molecule has 0 spiro atoms. The molecule has 0 N–H and O–H groups in total. The van der Waals surface area contributed by atoms with Crippen LogP contribution in [0.15, 0.2) is 97.2 Å². The zero-order valence-electron chi connectivity index (χ0n) is 23.8. The molecular formula is C35H35ClN4O. The minimum absolute atomic E-state index is 0.0672. The van der Waals surface area contributed by atoms with Gasteiger partial charge in [-0.05, 0) is 58.5 Å². The van der Waals surface area contributed by atoms with Crippen molar-refractivity contribution in [3.63, 3.8) is 0 Å². The first-order chi connectivity index (χ1) is 19.8. The number of aromatic nitrogens is 2. The number of carbonyl (C=O) groups excluding carboxylic acids is 1. The van der Waals surface area contributed by atoms with Crippen LogP contribution in [0.1, 0.15) is 42.4 Å². The summed E-state index contributed by atoms with van der Waals surface area (Å²) in [5.74, 6) is 0.106. The number of pyridine rings is 1. The van der Waals surface area contributed by atoms with Gasteiger partial charge in [-0.2, -0.15) is 0 Å². The van der Waals surface area contributed by atoms with E-state index >= 15 is 0 Å². The van der Waals surface area contributed by atoms with E-state index in [4.69, 9.17) is 16.6 Å². The maximum absolute atomic E-state index is 13.3. The summed E-state index contributed by atoms with van der Waals surface area (Å²) in [4.78, 5) is 22.7. The molecule has 0 atom stereocenters. The van der Waals surface area contributed by atoms with Crippen LogP contribution in [0.3, 0.4) is 0 Å². The van der Waals surface area contributed by atoms with Gasteiger partial charge in [0, 0.05) is 55.1 Å².